The van der Waals surface area contributed by atoms with Crippen LogP contribution in [-0.4, -0.2) is 55.1 Å². The molecule has 1 amide bonds. The van der Waals surface area contributed by atoms with Gasteiger partial charge in [-0.3, -0.25) is 9.69 Å². The van der Waals surface area contributed by atoms with Crippen molar-refractivity contribution in [2.24, 2.45) is 5.92 Å². The van der Waals surface area contributed by atoms with Crippen LogP contribution < -0.4 is 9.47 Å². The Kier molecular flexibility index (Phi) is 7.25. The average Bonchev–Trinajstić information content (AvgIpc) is 3.63. The number of carbonyl (C=O) groups is 1. The van der Waals surface area contributed by atoms with E-state index in [1.54, 1.807) is 25.3 Å². The van der Waals surface area contributed by atoms with E-state index in [2.05, 4.69) is 14.5 Å². The van der Waals surface area contributed by atoms with Gasteiger partial charge in [0.1, 0.15) is 11.5 Å². The van der Waals surface area contributed by atoms with E-state index < -0.39 is 6.61 Å². The van der Waals surface area contributed by atoms with Gasteiger partial charge in [-0.2, -0.15) is 8.78 Å². The molecule has 0 spiro atoms. The van der Waals surface area contributed by atoms with E-state index >= 15 is 0 Å². The zero-order valence-corrected chi connectivity index (χ0v) is 18.4. The summed E-state index contributed by atoms with van der Waals surface area (Å²) in [5, 5.41) is 0. The Morgan fingerprint density at radius 2 is 1.84 bits per heavy atom. The predicted molar refractivity (Wildman–Crippen MR) is 118 cm³/mol. The molecule has 0 N–H and O–H groups in total. The Balaban J connectivity index is 1.40. The summed E-state index contributed by atoms with van der Waals surface area (Å²) < 4.78 is 35.4. The van der Waals surface area contributed by atoms with Crippen molar-refractivity contribution in [3.8, 4) is 11.5 Å². The van der Waals surface area contributed by atoms with Crippen molar-refractivity contribution < 1.29 is 23.0 Å². The van der Waals surface area contributed by atoms with E-state index in [1.807, 2.05) is 30.3 Å². The van der Waals surface area contributed by atoms with Crippen LogP contribution in [0.15, 0.2) is 48.5 Å². The minimum absolute atomic E-state index is 0.0601. The van der Waals surface area contributed by atoms with Gasteiger partial charge in [-0.05, 0) is 55.9 Å². The third-order valence-corrected chi connectivity index (χ3v) is 6.31. The van der Waals surface area contributed by atoms with E-state index in [1.165, 1.54) is 12.8 Å². The second kappa shape index (κ2) is 10.3. The number of methoxy groups -OCH3 is 1. The Hall–Kier alpha value is -2.67. The molecular formula is C25H30F2N2O3. The predicted octanol–water partition coefficient (Wildman–Crippen LogP) is 4.81. The monoisotopic (exact) mass is 444 g/mol. The number of rotatable bonds is 9. The molecule has 2 aromatic carbocycles. The fourth-order valence-corrected chi connectivity index (χ4v) is 4.37. The molecule has 2 fully saturated rings. The first kappa shape index (κ1) is 22.5. The summed E-state index contributed by atoms with van der Waals surface area (Å²) in [4.78, 5) is 17.7. The SMILES string of the molecule is COc1cccc(C(=O)N(CC2CC2)C2CCN(Cc3ccccc3OC(F)F)CC2)c1. The summed E-state index contributed by atoms with van der Waals surface area (Å²) in [7, 11) is 1.60. The highest BCUT2D eigenvalue weighted by Gasteiger charge is 2.33. The largest absolute Gasteiger partial charge is 0.497 e. The molecule has 4 rings (SSSR count). The Labute approximate surface area is 187 Å². The Bertz CT molecular complexity index is 912. The molecule has 5 nitrogen and oxygen atoms in total. The van der Waals surface area contributed by atoms with E-state index in [9.17, 15) is 13.6 Å². The molecule has 0 bridgehead atoms. The van der Waals surface area contributed by atoms with Gasteiger partial charge < -0.3 is 14.4 Å². The van der Waals surface area contributed by atoms with Crippen molar-refractivity contribution in [3.63, 3.8) is 0 Å². The first-order chi connectivity index (χ1) is 15.5. The molecule has 1 heterocycles. The van der Waals surface area contributed by atoms with Gasteiger partial charge in [0.05, 0.1) is 7.11 Å². The van der Waals surface area contributed by atoms with Gasteiger partial charge in [0.15, 0.2) is 0 Å². The maximum Gasteiger partial charge on any atom is 0.387 e. The molecule has 2 aliphatic rings. The van der Waals surface area contributed by atoms with E-state index in [0.29, 0.717) is 23.8 Å². The smallest absolute Gasteiger partial charge is 0.387 e. The summed E-state index contributed by atoms with van der Waals surface area (Å²) in [5.41, 5.74) is 1.42. The molecule has 7 heteroatoms. The van der Waals surface area contributed by atoms with Crippen LogP contribution in [0.5, 0.6) is 11.5 Å². The number of nitrogens with zero attached hydrogens (tertiary/aromatic N) is 2. The third kappa shape index (κ3) is 5.76. The van der Waals surface area contributed by atoms with Gasteiger partial charge in [0.2, 0.25) is 0 Å². The molecule has 32 heavy (non-hydrogen) atoms. The molecule has 1 saturated carbocycles. The quantitative estimate of drug-likeness (QED) is 0.557. The summed E-state index contributed by atoms with van der Waals surface area (Å²) >= 11 is 0. The number of hydrogen-bond donors (Lipinski definition) is 0. The first-order valence-electron chi connectivity index (χ1n) is 11.2. The van der Waals surface area contributed by atoms with Crippen LogP contribution in [0.4, 0.5) is 8.78 Å². The Morgan fingerprint density at radius 1 is 1.09 bits per heavy atom. The van der Waals surface area contributed by atoms with Crippen molar-refractivity contribution in [1.82, 2.24) is 9.80 Å². The van der Waals surface area contributed by atoms with Gasteiger partial charge in [-0.1, -0.05) is 24.3 Å². The zero-order chi connectivity index (χ0) is 22.5. The van der Waals surface area contributed by atoms with E-state index in [-0.39, 0.29) is 17.7 Å². The van der Waals surface area contributed by atoms with Gasteiger partial charge in [-0.15, -0.1) is 0 Å². The molecule has 0 aromatic heterocycles. The summed E-state index contributed by atoms with van der Waals surface area (Å²) in [5.74, 6) is 1.57. The van der Waals surface area contributed by atoms with Crippen LogP contribution in [0.3, 0.4) is 0 Å². The molecule has 1 saturated heterocycles. The zero-order valence-electron chi connectivity index (χ0n) is 18.4. The Morgan fingerprint density at radius 3 is 2.53 bits per heavy atom. The number of ether oxygens (including phenoxy) is 2. The van der Waals surface area contributed by atoms with Crippen LogP contribution in [0.2, 0.25) is 0 Å². The lowest BCUT2D eigenvalue weighted by molar-refractivity contribution is -0.0508. The summed E-state index contributed by atoms with van der Waals surface area (Å²) in [6, 6.07) is 14.5. The maximum atomic E-state index is 13.4. The number of benzene rings is 2. The average molecular weight is 445 g/mol. The third-order valence-electron chi connectivity index (χ3n) is 6.31. The fourth-order valence-electron chi connectivity index (χ4n) is 4.37. The van der Waals surface area contributed by atoms with Crippen LogP contribution in [0, 0.1) is 5.92 Å². The highest BCUT2D eigenvalue weighted by atomic mass is 19.3. The van der Waals surface area contributed by atoms with Crippen molar-refractivity contribution >= 4 is 5.91 Å². The molecule has 2 aromatic rings. The van der Waals surface area contributed by atoms with Crippen LogP contribution in [0.25, 0.3) is 0 Å². The minimum atomic E-state index is -2.83. The van der Waals surface area contributed by atoms with E-state index in [4.69, 9.17) is 4.74 Å². The van der Waals surface area contributed by atoms with Gasteiger partial charge in [-0.25, -0.2) is 0 Å². The van der Waals surface area contributed by atoms with Gasteiger partial charge in [0.25, 0.3) is 5.91 Å². The van der Waals surface area contributed by atoms with Crippen molar-refractivity contribution in [1.29, 1.82) is 0 Å². The van der Waals surface area contributed by atoms with Crippen LogP contribution in [-0.2, 0) is 6.54 Å². The maximum absolute atomic E-state index is 13.4. The van der Waals surface area contributed by atoms with E-state index in [0.717, 1.165) is 38.0 Å². The lowest BCUT2D eigenvalue weighted by Gasteiger charge is -2.39. The second-order valence-corrected chi connectivity index (χ2v) is 8.63. The van der Waals surface area contributed by atoms with Crippen molar-refractivity contribution in [3.05, 3.63) is 59.7 Å². The van der Waals surface area contributed by atoms with Crippen molar-refractivity contribution in [2.75, 3.05) is 26.7 Å². The fraction of sp³-hybridized carbons (Fsp3) is 0.480. The number of piperidine rings is 1. The highest BCUT2D eigenvalue weighted by molar-refractivity contribution is 5.94. The summed E-state index contributed by atoms with van der Waals surface area (Å²) in [6.07, 6.45) is 4.09. The number of hydrogen-bond acceptors (Lipinski definition) is 4. The van der Waals surface area contributed by atoms with Crippen LogP contribution >= 0.6 is 0 Å². The normalized spacial score (nSPS) is 17.4. The van der Waals surface area contributed by atoms with Crippen LogP contribution in [0.1, 0.15) is 41.6 Å². The molecule has 1 aliphatic heterocycles. The molecule has 0 radical (unpaired) electrons. The highest BCUT2D eigenvalue weighted by Crippen LogP contribution is 2.33. The lowest BCUT2D eigenvalue weighted by atomic mass is 10.0. The number of likely N-dealkylation sites (tertiary alicyclic amines) is 1. The molecule has 0 unspecified atom stereocenters. The van der Waals surface area contributed by atoms with Crippen molar-refractivity contribution in [2.45, 2.75) is 44.9 Å². The number of amides is 1. The molecular weight excluding hydrogens is 414 g/mol. The number of halogens is 2. The van der Waals surface area contributed by atoms with Gasteiger partial charge >= 0.3 is 6.61 Å². The lowest BCUT2D eigenvalue weighted by Crippen LogP contribution is -2.48. The standard InChI is InChI=1S/C25H30F2N2O3/c1-31-22-7-4-6-19(15-22)24(30)29(16-18-9-10-18)21-11-13-28(14-12-21)17-20-5-2-3-8-23(20)32-25(26)27/h2-8,15,18,21,25H,9-14,16-17H2,1H3. The molecule has 172 valence electrons. The minimum Gasteiger partial charge on any atom is -0.497 e. The molecule has 0 atom stereocenters. The topological polar surface area (TPSA) is 42.0 Å². The first-order valence-corrected chi connectivity index (χ1v) is 11.2. The number of alkyl halides is 2. The van der Waals surface area contributed by atoms with Gasteiger partial charge in [0, 0.05) is 43.3 Å². The number of para-hydroxylation sites is 1. The molecule has 1 aliphatic carbocycles. The summed E-state index contributed by atoms with van der Waals surface area (Å²) in [6.45, 7) is 0.134. The second-order valence-electron chi connectivity index (χ2n) is 8.63. The number of carbonyl (C=O) groups excluding carboxylic acids is 1.